The van der Waals surface area contributed by atoms with E-state index in [4.69, 9.17) is 0 Å². The van der Waals surface area contributed by atoms with E-state index in [1.807, 2.05) is 34.9 Å². The van der Waals surface area contributed by atoms with Gasteiger partial charge in [0.1, 0.15) is 0 Å². The molecule has 3 heteroatoms. The highest BCUT2D eigenvalue weighted by Crippen LogP contribution is 2.22. The highest BCUT2D eigenvalue weighted by Gasteiger charge is 2.08. The minimum atomic E-state index is 0.0758. The van der Waals surface area contributed by atoms with E-state index in [-0.39, 0.29) is 5.78 Å². The lowest BCUT2D eigenvalue weighted by Crippen LogP contribution is -1.96. The van der Waals surface area contributed by atoms with Gasteiger partial charge in [-0.3, -0.25) is 4.79 Å². The second-order valence-corrected chi connectivity index (χ2v) is 3.74. The Morgan fingerprint density at radius 2 is 2.23 bits per heavy atom. The number of pyridine rings is 1. The van der Waals surface area contributed by atoms with Gasteiger partial charge in [-0.2, -0.15) is 0 Å². The quantitative estimate of drug-likeness (QED) is 0.700. The molecule has 0 aliphatic rings. The molecule has 66 valence electrons. The zero-order valence-electron chi connectivity index (χ0n) is 7.12. The molecule has 0 N–H and O–H groups in total. The Morgan fingerprint density at radius 3 is 2.92 bits per heavy atom. The van der Waals surface area contributed by atoms with Gasteiger partial charge < -0.3 is 4.40 Å². The monoisotopic (exact) mass is 237 g/mol. The maximum atomic E-state index is 11.2. The largest absolute Gasteiger partial charge is 0.313 e. The summed E-state index contributed by atoms with van der Waals surface area (Å²) in [6.45, 7) is 1.57. The number of carbonyl (C=O) groups is 1. The van der Waals surface area contributed by atoms with Gasteiger partial charge in [-0.1, -0.05) is 6.07 Å². The Bertz CT molecular complexity index is 473. The lowest BCUT2D eigenvalue weighted by atomic mass is 10.3. The molecule has 0 saturated carbocycles. The fraction of sp³-hybridized carbons (Fsp3) is 0.100. The number of carbonyl (C=O) groups excluding carboxylic acids is 1. The van der Waals surface area contributed by atoms with Crippen molar-refractivity contribution >= 4 is 27.2 Å². The highest BCUT2D eigenvalue weighted by atomic mass is 79.9. The molecule has 0 atom stereocenters. The average molecular weight is 238 g/mol. The molecule has 2 rings (SSSR count). The summed E-state index contributed by atoms with van der Waals surface area (Å²) in [5.74, 6) is 0.0758. The molecule has 0 aliphatic heterocycles. The van der Waals surface area contributed by atoms with Crippen molar-refractivity contribution in [1.29, 1.82) is 0 Å². The minimum Gasteiger partial charge on any atom is -0.313 e. The Balaban J connectivity index is 2.85. The fourth-order valence-corrected chi connectivity index (χ4v) is 1.92. The van der Waals surface area contributed by atoms with Gasteiger partial charge in [0.05, 0.1) is 11.2 Å². The summed E-state index contributed by atoms with van der Waals surface area (Å²) in [5, 5.41) is 0. The highest BCUT2D eigenvalue weighted by molar-refractivity contribution is 9.10. The van der Waals surface area contributed by atoms with Crippen LogP contribution >= 0.6 is 15.9 Å². The molecule has 0 bridgehead atoms. The fourth-order valence-electron chi connectivity index (χ4n) is 1.38. The Kier molecular flexibility index (Phi) is 1.96. The number of ketones is 1. The third-order valence-corrected chi connectivity index (χ3v) is 2.62. The summed E-state index contributed by atoms with van der Waals surface area (Å²) in [6, 6.07) is 7.67. The lowest BCUT2D eigenvalue weighted by molar-refractivity contribution is 0.101. The molecule has 2 heterocycles. The third kappa shape index (κ3) is 1.29. The van der Waals surface area contributed by atoms with Crippen molar-refractivity contribution in [3.05, 3.63) is 40.6 Å². The van der Waals surface area contributed by atoms with Crippen LogP contribution in [-0.2, 0) is 0 Å². The van der Waals surface area contributed by atoms with E-state index in [2.05, 4.69) is 15.9 Å². The molecule has 13 heavy (non-hydrogen) atoms. The van der Waals surface area contributed by atoms with Gasteiger partial charge in [-0.15, -0.1) is 0 Å². The summed E-state index contributed by atoms with van der Waals surface area (Å²) in [5.41, 5.74) is 1.73. The van der Waals surface area contributed by atoms with Crippen LogP contribution in [0.5, 0.6) is 0 Å². The third-order valence-electron chi connectivity index (χ3n) is 1.99. The van der Waals surface area contributed by atoms with E-state index >= 15 is 0 Å². The van der Waals surface area contributed by atoms with Gasteiger partial charge in [0.25, 0.3) is 0 Å². The summed E-state index contributed by atoms with van der Waals surface area (Å²) < 4.78 is 2.84. The first kappa shape index (κ1) is 8.51. The molecule has 0 fully saturated rings. The van der Waals surface area contributed by atoms with E-state index in [9.17, 15) is 4.79 Å². The normalized spacial score (nSPS) is 10.6. The van der Waals surface area contributed by atoms with Crippen LogP contribution in [0.15, 0.2) is 34.9 Å². The molecule has 2 aromatic heterocycles. The molecular formula is C10H8BrNO. The van der Waals surface area contributed by atoms with Crippen molar-refractivity contribution < 1.29 is 4.79 Å². The van der Waals surface area contributed by atoms with Crippen LogP contribution in [0.1, 0.15) is 17.4 Å². The number of halogens is 1. The number of hydrogen-bond donors (Lipinski definition) is 0. The average Bonchev–Trinajstić information content (AvgIpc) is 2.45. The molecule has 0 amide bonds. The molecule has 0 radical (unpaired) electrons. The van der Waals surface area contributed by atoms with Crippen LogP contribution in [-0.4, -0.2) is 10.2 Å². The SMILES string of the molecule is CC(=O)c1cc(Br)c2ccccn12. The standard InChI is InChI=1S/C10H8BrNO/c1-7(13)10-6-8(11)9-4-2-3-5-12(9)10/h2-6H,1H3. The van der Waals surface area contributed by atoms with Crippen LogP contribution in [0.2, 0.25) is 0 Å². The van der Waals surface area contributed by atoms with Crippen molar-refractivity contribution in [3.8, 4) is 0 Å². The Labute approximate surface area is 84.3 Å². The maximum absolute atomic E-state index is 11.2. The second kappa shape index (κ2) is 3.00. The second-order valence-electron chi connectivity index (χ2n) is 2.89. The van der Waals surface area contributed by atoms with E-state index in [0.29, 0.717) is 5.69 Å². The van der Waals surface area contributed by atoms with Crippen molar-refractivity contribution in [2.75, 3.05) is 0 Å². The van der Waals surface area contributed by atoms with Crippen LogP contribution in [0, 0.1) is 0 Å². The van der Waals surface area contributed by atoms with Crippen LogP contribution in [0.25, 0.3) is 5.52 Å². The number of fused-ring (bicyclic) bond motifs is 1. The first-order valence-electron chi connectivity index (χ1n) is 3.96. The van der Waals surface area contributed by atoms with E-state index in [1.165, 1.54) is 0 Å². The molecule has 0 aliphatic carbocycles. The van der Waals surface area contributed by atoms with Crippen molar-refractivity contribution in [2.45, 2.75) is 6.92 Å². The zero-order chi connectivity index (χ0) is 9.42. The van der Waals surface area contributed by atoms with Crippen molar-refractivity contribution in [1.82, 2.24) is 4.40 Å². The van der Waals surface area contributed by atoms with Crippen LogP contribution in [0.4, 0.5) is 0 Å². The first-order valence-corrected chi connectivity index (χ1v) is 4.76. The predicted molar refractivity (Wildman–Crippen MR) is 55.1 cm³/mol. The molecule has 0 saturated heterocycles. The van der Waals surface area contributed by atoms with E-state index < -0.39 is 0 Å². The van der Waals surface area contributed by atoms with Crippen molar-refractivity contribution in [3.63, 3.8) is 0 Å². The lowest BCUT2D eigenvalue weighted by Gasteiger charge is -1.96. The van der Waals surface area contributed by atoms with Gasteiger partial charge in [0.15, 0.2) is 5.78 Å². The number of aromatic nitrogens is 1. The molecule has 0 spiro atoms. The minimum absolute atomic E-state index is 0.0758. The number of nitrogens with zero attached hydrogens (tertiary/aromatic N) is 1. The zero-order valence-corrected chi connectivity index (χ0v) is 8.71. The smallest absolute Gasteiger partial charge is 0.176 e. The van der Waals surface area contributed by atoms with Gasteiger partial charge in [0.2, 0.25) is 0 Å². The summed E-state index contributed by atoms with van der Waals surface area (Å²) in [4.78, 5) is 11.2. The van der Waals surface area contributed by atoms with E-state index in [0.717, 1.165) is 9.99 Å². The Morgan fingerprint density at radius 1 is 1.46 bits per heavy atom. The van der Waals surface area contributed by atoms with Gasteiger partial charge in [-0.25, -0.2) is 0 Å². The van der Waals surface area contributed by atoms with E-state index in [1.54, 1.807) is 6.92 Å². The van der Waals surface area contributed by atoms with Gasteiger partial charge >= 0.3 is 0 Å². The molecule has 0 aromatic carbocycles. The molecule has 2 aromatic rings. The summed E-state index contributed by atoms with van der Waals surface area (Å²) >= 11 is 3.41. The number of rotatable bonds is 1. The molecule has 0 unspecified atom stereocenters. The molecule has 2 nitrogen and oxygen atoms in total. The maximum Gasteiger partial charge on any atom is 0.176 e. The number of hydrogen-bond acceptors (Lipinski definition) is 1. The molecular weight excluding hydrogens is 230 g/mol. The predicted octanol–water partition coefficient (Wildman–Crippen LogP) is 2.90. The first-order chi connectivity index (χ1) is 6.20. The summed E-state index contributed by atoms with van der Waals surface area (Å²) in [6.07, 6.45) is 1.89. The van der Waals surface area contributed by atoms with Gasteiger partial charge in [-0.05, 0) is 34.1 Å². The van der Waals surface area contributed by atoms with Crippen LogP contribution in [0.3, 0.4) is 0 Å². The van der Waals surface area contributed by atoms with Crippen molar-refractivity contribution in [2.24, 2.45) is 0 Å². The summed E-state index contributed by atoms with van der Waals surface area (Å²) in [7, 11) is 0. The van der Waals surface area contributed by atoms with Gasteiger partial charge in [0, 0.05) is 17.6 Å². The topological polar surface area (TPSA) is 21.5 Å². The Hall–Kier alpha value is -1.09. The van der Waals surface area contributed by atoms with Crippen LogP contribution < -0.4 is 0 Å². The number of Topliss-reactive ketones (excluding diaryl/α,β-unsaturated/α-hetero) is 1.